The van der Waals surface area contributed by atoms with Gasteiger partial charge in [0.1, 0.15) is 0 Å². The van der Waals surface area contributed by atoms with Gasteiger partial charge in [-0.05, 0) is 76.8 Å². The van der Waals surface area contributed by atoms with E-state index in [-0.39, 0.29) is 22.8 Å². The number of amides is 1. The first-order valence-corrected chi connectivity index (χ1v) is 8.96. The number of nitrogens with one attached hydrogen (secondary N) is 1. The lowest BCUT2D eigenvalue weighted by Crippen LogP contribution is -2.52. The summed E-state index contributed by atoms with van der Waals surface area (Å²) in [6.07, 6.45) is 3.75. The van der Waals surface area contributed by atoms with Crippen LogP contribution in [0.25, 0.3) is 0 Å². The van der Waals surface area contributed by atoms with Crippen molar-refractivity contribution in [3.63, 3.8) is 0 Å². The van der Waals surface area contributed by atoms with Gasteiger partial charge in [-0.25, -0.2) is 0 Å². The second kappa shape index (κ2) is 5.12. The monoisotopic (exact) mass is 417 g/mol. The first-order valence-electron chi connectivity index (χ1n) is 7.50. The lowest BCUT2D eigenvalue weighted by Gasteiger charge is -2.43. The second-order valence-electron chi connectivity index (χ2n) is 7.45. The Balaban J connectivity index is 1.83. The highest BCUT2D eigenvalue weighted by molar-refractivity contribution is 14.1. The van der Waals surface area contributed by atoms with E-state index >= 15 is 0 Å². The fourth-order valence-electron chi connectivity index (χ4n) is 4.51. The van der Waals surface area contributed by atoms with Gasteiger partial charge in [-0.2, -0.15) is 0 Å². The molecule has 2 aliphatic carbocycles. The maximum Gasteiger partial charge on any atom is 0.251 e. The van der Waals surface area contributed by atoms with Crippen molar-refractivity contribution < 1.29 is 4.79 Å². The zero-order valence-corrected chi connectivity index (χ0v) is 15.6. The van der Waals surface area contributed by atoms with Crippen LogP contribution in [0.3, 0.4) is 0 Å². The van der Waals surface area contributed by atoms with Crippen molar-refractivity contribution in [3.8, 4) is 0 Å². The van der Waals surface area contributed by atoms with Crippen LogP contribution in [0.2, 0.25) is 5.02 Å². The molecule has 21 heavy (non-hydrogen) atoms. The predicted molar refractivity (Wildman–Crippen MR) is 94.7 cm³/mol. The van der Waals surface area contributed by atoms with Gasteiger partial charge in [0.05, 0.1) is 5.02 Å². The summed E-state index contributed by atoms with van der Waals surface area (Å²) in [4.78, 5) is 12.6. The molecule has 0 spiro atoms. The first kappa shape index (κ1) is 15.6. The van der Waals surface area contributed by atoms with Gasteiger partial charge < -0.3 is 5.32 Å². The summed E-state index contributed by atoms with van der Waals surface area (Å²) in [5.74, 6) is 0.730. The van der Waals surface area contributed by atoms with Gasteiger partial charge in [0, 0.05) is 15.2 Å². The van der Waals surface area contributed by atoms with Crippen molar-refractivity contribution >= 4 is 40.1 Å². The highest BCUT2D eigenvalue weighted by atomic mass is 127. The molecule has 2 nitrogen and oxygen atoms in total. The average Bonchev–Trinajstić information content (AvgIpc) is 2.89. The number of carbonyl (C=O) groups is 1. The highest BCUT2D eigenvalue weighted by Gasteiger charge is 2.59. The normalized spacial score (nSPS) is 33.2. The third-order valence-corrected chi connectivity index (χ3v) is 7.30. The Morgan fingerprint density at radius 2 is 2.10 bits per heavy atom. The molecule has 0 heterocycles. The molecule has 2 aliphatic rings. The number of hydrogen-bond acceptors (Lipinski definition) is 1. The van der Waals surface area contributed by atoms with Crippen molar-refractivity contribution in [2.45, 2.75) is 46.1 Å². The molecular formula is C17H21ClINO. The smallest absolute Gasteiger partial charge is 0.251 e. The fourth-order valence-corrected chi connectivity index (χ4v) is 5.03. The predicted octanol–water partition coefficient (Wildman–Crippen LogP) is 4.89. The van der Waals surface area contributed by atoms with Gasteiger partial charge in [-0.1, -0.05) is 32.4 Å². The molecule has 114 valence electrons. The van der Waals surface area contributed by atoms with Crippen LogP contribution in [0.15, 0.2) is 18.2 Å². The second-order valence-corrected chi connectivity index (χ2v) is 9.02. The molecule has 3 atom stereocenters. The topological polar surface area (TPSA) is 29.1 Å². The van der Waals surface area contributed by atoms with Crippen molar-refractivity contribution in [2.24, 2.45) is 16.7 Å². The first-order chi connectivity index (χ1) is 9.74. The summed E-state index contributed by atoms with van der Waals surface area (Å²) in [5, 5.41) is 3.94. The van der Waals surface area contributed by atoms with E-state index in [0.29, 0.717) is 10.6 Å². The summed E-state index contributed by atoms with van der Waals surface area (Å²) in [5.41, 5.74) is 1.08. The standard InChI is InChI=1S/C17H21ClINO/c1-16(2)11-6-7-17(3,9-11)15(16)20-14(21)10-4-5-13(19)12(18)8-10/h4-5,8,11,15H,6-7,9H2,1-3H3,(H,20,21). The Hall–Kier alpha value is -0.290. The molecule has 2 saturated carbocycles. The molecule has 3 rings (SSSR count). The van der Waals surface area contributed by atoms with E-state index in [2.05, 4.69) is 48.7 Å². The lowest BCUT2D eigenvalue weighted by molar-refractivity contribution is 0.0737. The van der Waals surface area contributed by atoms with Crippen LogP contribution in [0.4, 0.5) is 0 Å². The Labute approximate surface area is 145 Å². The molecule has 0 aromatic heterocycles. The van der Waals surface area contributed by atoms with Gasteiger partial charge in [0.25, 0.3) is 5.91 Å². The van der Waals surface area contributed by atoms with Gasteiger partial charge in [-0.3, -0.25) is 4.79 Å². The summed E-state index contributed by atoms with van der Waals surface area (Å²) >= 11 is 8.31. The Kier molecular flexibility index (Phi) is 3.80. The molecular weight excluding hydrogens is 397 g/mol. The van der Waals surface area contributed by atoms with E-state index in [1.807, 2.05) is 12.1 Å². The quantitative estimate of drug-likeness (QED) is 0.682. The zero-order chi connectivity index (χ0) is 15.4. The number of carbonyl (C=O) groups excluding carboxylic acids is 1. The highest BCUT2D eigenvalue weighted by Crippen LogP contribution is 2.62. The van der Waals surface area contributed by atoms with Crippen molar-refractivity contribution in [1.82, 2.24) is 5.32 Å². The molecule has 1 N–H and O–H groups in total. The Morgan fingerprint density at radius 1 is 1.38 bits per heavy atom. The van der Waals surface area contributed by atoms with E-state index in [0.717, 1.165) is 9.49 Å². The molecule has 1 aromatic carbocycles. The molecule has 2 fully saturated rings. The summed E-state index contributed by atoms with van der Waals surface area (Å²) in [6, 6.07) is 5.76. The van der Waals surface area contributed by atoms with E-state index in [9.17, 15) is 4.79 Å². The van der Waals surface area contributed by atoms with Crippen LogP contribution in [0.1, 0.15) is 50.4 Å². The molecule has 2 bridgehead atoms. The SMILES string of the molecule is CC12CCC(C1)C(C)(C)C2NC(=O)c1ccc(I)c(Cl)c1. The third kappa shape index (κ3) is 2.50. The average molecular weight is 418 g/mol. The van der Waals surface area contributed by atoms with E-state index in [4.69, 9.17) is 11.6 Å². The molecule has 0 aliphatic heterocycles. The number of halogens is 2. The minimum absolute atomic E-state index is 0.000139. The number of benzene rings is 1. The van der Waals surface area contributed by atoms with Gasteiger partial charge >= 0.3 is 0 Å². The number of fused-ring (bicyclic) bond motifs is 2. The molecule has 3 unspecified atom stereocenters. The van der Waals surface area contributed by atoms with Gasteiger partial charge in [0.2, 0.25) is 0 Å². The largest absolute Gasteiger partial charge is 0.348 e. The number of rotatable bonds is 2. The Bertz CT molecular complexity index is 596. The van der Waals surface area contributed by atoms with Gasteiger partial charge in [-0.15, -0.1) is 0 Å². The van der Waals surface area contributed by atoms with Crippen molar-refractivity contribution in [1.29, 1.82) is 0 Å². The van der Waals surface area contributed by atoms with Crippen LogP contribution in [0.5, 0.6) is 0 Å². The maximum absolute atomic E-state index is 12.6. The van der Waals surface area contributed by atoms with Crippen molar-refractivity contribution in [2.75, 3.05) is 0 Å². The lowest BCUT2D eigenvalue weighted by atomic mass is 9.68. The van der Waals surface area contributed by atoms with E-state index in [1.165, 1.54) is 19.3 Å². The number of hydrogen-bond donors (Lipinski definition) is 1. The minimum Gasteiger partial charge on any atom is -0.348 e. The summed E-state index contributed by atoms with van der Waals surface area (Å²) in [6.45, 7) is 6.93. The third-order valence-electron chi connectivity index (χ3n) is 5.73. The van der Waals surface area contributed by atoms with Gasteiger partial charge in [0.15, 0.2) is 0 Å². The summed E-state index contributed by atoms with van der Waals surface area (Å²) < 4.78 is 0.970. The van der Waals surface area contributed by atoms with Crippen LogP contribution < -0.4 is 5.32 Å². The molecule has 4 heteroatoms. The van der Waals surface area contributed by atoms with Crippen LogP contribution >= 0.6 is 34.2 Å². The van der Waals surface area contributed by atoms with Crippen LogP contribution in [-0.2, 0) is 0 Å². The van der Waals surface area contributed by atoms with Crippen LogP contribution in [-0.4, -0.2) is 11.9 Å². The molecule has 1 aromatic rings. The maximum atomic E-state index is 12.6. The van der Waals surface area contributed by atoms with E-state index < -0.39 is 0 Å². The Morgan fingerprint density at radius 3 is 2.67 bits per heavy atom. The molecule has 0 radical (unpaired) electrons. The minimum atomic E-state index is 0.000139. The summed E-state index contributed by atoms with van der Waals surface area (Å²) in [7, 11) is 0. The van der Waals surface area contributed by atoms with Crippen molar-refractivity contribution in [3.05, 3.63) is 32.4 Å². The zero-order valence-electron chi connectivity index (χ0n) is 12.7. The molecule has 0 saturated heterocycles. The van der Waals surface area contributed by atoms with E-state index in [1.54, 1.807) is 6.07 Å². The van der Waals surface area contributed by atoms with Crippen LogP contribution in [0, 0.1) is 20.3 Å². The molecule has 1 amide bonds. The fraction of sp³-hybridized carbons (Fsp3) is 0.588.